The molecule has 0 aromatic rings. The van der Waals surface area contributed by atoms with Crippen LogP contribution in [0.25, 0.3) is 0 Å². The van der Waals surface area contributed by atoms with E-state index in [-0.39, 0.29) is 15.9 Å². The highest BCUT2D eigenvalue weighted by molar-refractivity contribution is 14.1. The summed E-state index contributed by atoms with van der Waals surface area (Å²) in [5, 5.41) is 2.77. The zero-order chi connectivity index (χ0) is 7.61. The molecule has 1 N–H and O–H groups in total. The van der Waals surface area contributed by atoms with Crippen LogP contribution >= 0.6 is 22.6 Å². The molecule has 60 valence electrons. The van der Waals surface area contributed by atoms with Crippen LogP contribution in [0, 0.1) is 0 Å². The van der Waals surface area contributed by atoms with Gasteiger partial charge in [0, 0.05) is 6.54 Å². The Labute approximate surface area is 73.4 Å². The Morgan fingerprint density at radius 3 is 3.00 bits per heavy atom. The van der Waals surface area contributed by atoms with E-state index in [2.05, 4.69) is 5.32 Å². The molecular weight excluding hydrogens is 269 g/mol. The molecule has 0 bridgehead atoms. The second kappa shape index (κ2) is 3.33. The first kappa shape index (κ1) is 8.69. The molecule has 0 aromatic carbocycles. The van der Waals surface area contributed by atoms with Crippen molar-refractivity contribution < 1.29 is 13.2 Å². The Hall–Kier alpha value is 0.600. The topological polar surface area (TPSA) is 55.4 Å². The summed E-state index contributed by atoms with van der Waals surface area (Å²) < 4.78 is 26.6. The maximum atomic E-state index is 10.8. The van der Waals surface area contributed by atoms with Crippen LogP contribution in [-0.2, 0) is 14.6 Å². The molecule has 0 aliphatic carbocycles. The molecule has 10 heavy (non-hydrogen) atoms. The van der Waals surface area contributed by atoms with E-state index in [4.69, 9.17) is 4.74 Å². The van der Waals surface area contributed by atoms with Crippen LogP contribution in [0.3, 0.4) is 0 Å². The monoisotopic (exact) mass is 277 g/mol. The molecule has 6 heteroatoms. The molecule has 1 rings (SSSR count). The Kier molecular flexibility index (Phi) is 2.90. The molecule has 1 unspecified atom stereocenters. The highest BCUT2D eigenvalue weighted by Crippen LogP contribution is 2.06. The molecular formula is C4H8INO3S. The summed E-state index contributed by atoms with van der Waals surface area (Å²) in [5.74, 6) is -0.125. The standard InChI is InChI=1S/C4H8INO3S/c5-4-1-6-2-10(7,8)3-9-4/h4,6H,1-3H2. The number of rotatable bonds is 0. The van der Waals surface area contributed by atoms with Gasteiger partial charge in [-0.15, -0.1) is 0 Å². The summed E-state index contributed by atoms with van der Waals surface area (Å²) in [5.41, 5.74) is 0. The van der Waals surface area contributed by atoms with Gasteiger partial charge in [0.1, 0.15) is 9.99 Å². The van der Waals surface area contributed by atoms with E-state index in [0.29, 0.717) is 6.54 Å². The van der Waals surface area contributed by atoms with Gasteiger partial charge < -0.3 is 10.1 Å². The third kappa shape index (κ3) is 2.69. The zero-order valence-electron chi connectivity index (χ0n) is 5.21. The molecule has 1 aliphatic rings. The lowest BCUT2D eigenvalue weighted by Gasteiger charge is -2.02. The maximum Gasteiger partial charge on any atom is 0.187 e. The van der Waals surface area contributed by atoms with Crippen molar-refractivity contribution in [3.63, 3.8) is 0 Å². The van der Waals surface area contributed by atoms with Crippen molar-refractivity contribution in [3.8, 4) is 0 Å². The molecule has 1 aliphatic heterocycles. The lowest BCUT2D eigenvalue weighted by atomic mass is 10.7. The largest absolute Gasteiger partial charge is 0.351 e. The van der Waals surface area contributed by atoms with Gasteiger partial charge >= 0.3 is 0 Å². The molecule has 1 heterocycles. The average molecular weight is 277 g/mol. The zero-order valence-corrected chi connectivity index (χ0v) is 8.18. The van der Waals surface area contributed by atoms with Gasteiger partial charge in [-0.25, -0.2) is 8.42 Å². The molecule has 0 amide bonds. The third-order valence-corrected chi connectivity index (χ3v) is 2.99. The van der Waals surface area contributed by atoms with Gasteiger partial charge in [0.05, 0.1) is 0 Å². The van der Waals surface area contributed by atoms with E-state index in [1.807, 2.05) is 22.6 Å². The fourth-order valence-electron chi connectivity index (χ4n) is 0.606. The number of ether oxygens (including phenoxy) is 1. The summed E-state index contributed by atoms with van der Waals surface area (Å²) in [6.45, 7) is 0.597. The van der Waals surface area contributed by atoms with Crippen molar-refractivity contribution in [1.82, 2.24) is 5.32 Å². The van der Waals surface area contributed by atoms with Crippen LogP contribution in [0.4, 0.5) is 0 Å². The van der Waals surface area contributed by atoms with E-state index < -0.39 is 9.84 Å². The number of alkyl halides is 1. The van der Waals surface area contributed by atoms with E-state index in [1.54, 1.807) is 0 Å². The van der Waals surface area contributed by atoms with Crippen LogP contribution in [0.1, 0.15) is 0 Å². The first-order valence-electron chi connectivity index (χ1n) is 2.77. The number of hydrogen-bond donors (Lipinski definition) is 1. The molecule has 4 nitrogen and oxygen atoms in total. The Morgan fingerprint density at radius 2 is 2.30 bits per heavy atom. The fraction of sp³-hybridized carbons (Fsp3) is 1.00. The second-order valence-electron chi connectivity index (χ2n) is 2.04. The van der Waals surface area contributed by atoms with Crippen molar-refractivity contribution in [3.05, 3.63) is 0 Å². The first-order chi connectivity index (χ1) is 4.60. The number of halogens is 1. The SMILES string of the molecule is O=S1(=O)CNCC(I)OC1. The van der Waals surface area contributed by atoms with E-state index >= 15 is 0 Å². The van der Waals surface area contributed by atoms with Gasteiger partial charge in [0.2, 0.25) is 0 Å². The first-order valence-corrected chi connectivity index (χ1v) is 5.84. The molecule has 1 saturated heterocycles. The van der Waals surface area contributed by atoms with Crippen molar-refractivity contribution >= 4 is 32.4 Å². The van der Waals surface area contributed by atoms with Crippen molar-refractivity contribution in [2.45, 2.75) is 4.11 Å². The van der Waals surface area contributed by atoms with Gasteiger partial charge in [-0.05, 0) is 22.6 Å². The number of sulfone groups is 1. The van der Waals surface area contributed by atoms with Crippen LogP contribution in [0.15, 0.2) is 0 Å². The molecule has 1 atom stereocenters. The summed E-state index contributed by atoms with van der Waals surface area (Å²) in [7, 11) is -2.99. The maximum absolute atomic E-state index is 10.8. The summed E-state index contributed by atoms with van der Waals surface area (Å²) in [6, 6.07) is 0. The van der Waals surface area contributed by atoms with Crippen LogP contribution in [-0.4, -0.2) is 30.9 Å². The Morgan fingerprint density at radius 1 is 1.60 bits per heavy atom. The van der Waals surface area contributed by atoms with Crippen LogP contribution in [0.5, 0.6) is 0 Å². The molecule has 0 radical (unpaired) electrons. The highest BCUT2D eigenvalue weighted by atomic mass is 127. The quantitative estimate of drug-likeness (QED) is 0.488. The predicted molar refractivity (Wildman–Crippen MR) is 45.5 cm³/mol. The minimum absolute atomic E-state index is 0.0325. The van der Waals surface area contributed by atoms with E-state index in [9.17, 15) is 8.42 Å². The average Bonchev–Trinajstić information content (AvgIpc) is 1.94. The number of hydrogen-bond acceptors (Lipinski definition) is 4. The van der Waals surface area contributed by atoms with Crippen molar-refractivity contribution in [1.29, 1.82) is 0 Å². The van der Waals surface area contributed by atoms with Gasteiger partial charge in [0.15, 0.2) is 15.8 Å². The third-order valence-electron chi connectivity index (χ3n) is 1.06. The van der Waals surface area contributed by atoms with Crippen molar-refractivity contribution in [2.75, 3.05) is 18.4 Å². The predicted octanol–water partition coefficient (Wildman–Crippen LogP) is -0.303. The lowest BCUT2D eigenvalue weighted by molar-refractivity contribution is 0.170. The van der Waals surface area contributed by atoms with Gasteiger partial charge in [0.25, 0.3) is 0 Å². The lowest BCUT2D eigenvalue weighted by Crippen LogP contribution is -2.23. The molecule has 0 aromatic heterocycles. The van der Waals surface area contributed by atoms with Gasteiger partial charge in [-0.3, -0.25) is 0 Å². The van der Waals surface area contributed by atoms with Crippen molar-refractivity contribution in [2.24, 2.45) is 0 Å². The molecule has 1 fully saturated rings. The smallest absolute Gasteiger partial charge is 0.187 e. The summed E-state index contributed by atoms with van der Waals surface area (Å²) in [4.78, 5) is 0. The second-order valence-corrected chi connectivity index (χ2v) is 5.44. The van der Waals surface area contributed by atoms with Gasteiger partial charge in [-0.2, -0.15) is 0 Å². The summed E-state index contributed by atoms with van der Waals surface area (Å²) >= 11 is 2.05. The number of nitrogens with one attached hydrogen (secondary N) is 1. The highest BCUT2D eigenvalue weighted by Gasteiger charge is 2.18. The fourth-order valence-corrected chi connectivity index (χ4v) is 2.22. The van der Waals surface area contributed by atoms with Crippen LogP contribution < -0.4 is 5.32 Å². The Balaban J connectivity index is 2.58. The van der Waals surface area contributed by atoms with E-state index in [0.717, 1.165) is 0 Å². The van der Waals surface area contributed by atoms with Gasteiger partial charge in [-0.1, -0.05) is 0 Å². The molecule has 0 spiro atoms. The Bertz CT molecular complexity index is 203. The molecule has 0 saturated carbocycles. The minimum atomic E-state index is -2.99. The van der Waals surface area contributed by atoms with Crippen LogP contribution in [0.2, 0.25) is 0 Å². The normalized spacial score (nSPS) is 33.1. The van der Waals surface area contributed by atoms with E-state index in [1.165, 1.54) is 0 Å². The summed E-state index contributed by atoms with van der Waals surface area (Å²) in [6.07, 6.45) is 0. The minimum Gasteiger partial charge on any atom is -0.351 e.